The van der Waals surface area contributed by atoms with Gasteiger partial charge in [0.1, 0.15) is 12.0 Å². The minimum Gasteiger partial charge on any atom is -0.348 e. The topological polar surface area (TPSA) is 41.1 Å². The van der Waals surface area contributed by atoms with Crippen LogP contribution in [0.5, 0.6) is 0 Å². The maximum absolute atomic E-state index is 14.2. The monoisotopic (exact) mass is 348 g/mol. The van der Waals surface area contributed by atoms with E-state index in [1.807, 2.05) is 0 Å². The van der Waals surface area contributed by atoms with Gasteiger partial charge >= 0.3 is 6.18 Å². The van der Waals surface area contributed by atoms with Crippen molar-refractivity contribution in [2.24, 2.45) is 5.92 Å². The molecular weight excluding hydrogens is 331 g/mol. The fourth-order valence-corrected chi connectivity index (χ4v) is 2.98. The Morgan fingerprint density at radius 3 is 2.50 bits per heavy atom. The molecule has 1 aromatic rings. The Morgan fingerprint density at radius 2 is 2.00 bits per heavy atom. The van der Waals surface area contributed by atoms with Crippen molar-refractivity contribution in [1.29, 1.82) is 0 Å². The third-order valence-corrected chi connectivity index (χ3v) is 4.45. The first kappa shape index (κ1) is 17.1. The second-order valence-electron chi connectivity index (χ2n) is 6.35. The fourth-order valence-electron chi connectivity index (χ4n) is 2.98. The van der Waals surface area contributed by atoms with Crippen molar-refractivity contribution >= 4 is 5.91 Å². The zero-order valence-corrected chi connectivity index (χ0v) is 12.7. The minimum absolute atomic E-state index is 0.0113. The molecule has 1 aromatic carbocycles. The van der Waals surface area contributed by atoms with Crippen LogP contribution in [0.15, 0.2) is 18.2 Å². The van der Waals surface area contributed by atoms with Gasteiger partial charge in [0.2, 0.25) is 5.91 Å². The van der Waals surface area contributed by atoms with Crippen molar-refractivity contribution in [3.05, 3.63) is 35.1 Å². The molecule has 132 valence electrons. The second kappa shape index (κ2) is 6.31. The predicted octanol–water partition coefficient (Wildman–Crippen LogP) is 3.11. The number of benzene rings is 1. The molecule has 2 aliphatic rings. The van der Waals surface area contributed by atoms with Gasteiger partial charge in [0.05, 0.1) is 17.6 Å². The molecule has 0 spiro atoms. The minimum atomic E-state index is -4.62. The van der Waals surface area contributed by atoms with Gasteiger partial charge in [-0.2, -0.15) is 13.2 Å². The first-order valence-electron chi connectivity index (χ1n) is 7.80. The van der Waals surface area contributed by atoms with Crippen molar-refractivity contribution in [2.45, 2.75) is 43.7 Å². The average Bonchev–Trinajstić information content (AvgIpc) is 3.25. The summed E-state index contributed by atoms with van der Waals surface area (Å²) < 4.78 is 65.3. The standard InChI is InChI=1S/C16H17F5N2O/c17-10-6-13(22-7-10)15(24)23-14(8-1-2-8)11-4-3-9(5-12(11)18)16(19,20)21/h3-5,8,10,13-14,22H,1-2,6-7H2,(H,23,24)/t10-,13?,14+/m0/s1. The maximum Gasteiger partial charge on any atom is 0.416 e. The van der Waals surface area contributed by atoms with Gasteiger partial charge in [0.25, 0.3) is 0 Å². The van der Waals surface area contributed by atoms with E-state index in [2.05, 4.69) is 10.6 Å². The molecule has 3 atom stereocenters. The van der Waals surface area contributed by atoms with Gasteiger partial charge in [-0.25, -0.2) is 8.78 Å². The lowest BCUT2D eigenvalue weighted by atomic mass is 9.99. The molecule has 2 N–H and O–H groups in total. The highest BCUT2D eigenvalue weighted by Crippen LogP contribution is 2.42. The summed E-state index contributed by atoms with van der Waals surface area (Å²) in [4.78, 5) is 12.2. The summed E-state index contributed by atoms with van der Waals surface area (Å²) in [7, 11) is 0. The van der Waals surface area contributed by atoms with E-state index in [4.69, 9.17) is 0 Å². The molecule has 0 radical (unpaired) electrons. The Labute approximate surface area is 135 Å². The zero-order chi connectivity index (χ0) is 17.5. The smallest absolute Gasteiger partial charge is 0.348 e. The van der Waals surface area contributed by atoms with Crippen molar-refractivity contribution < 1.29 is 26.7 Å². The van der Waals surface area contributed by atoms with Crippen LogP contribution in [-0.2, 0) is 11.0 Å². The Bertz CT molecular complexity index is 629. The van der Waals surface area contributed by atoms with E-state index in [1.54, 1.807) is 0 Å². The van der Waals surface area contributed by atoms with Crippen LogP contribution < -0.4 is 10.6 Å². The van der Waals surface area contributed by atoms with Crippen LogP contribution in [0.1, 0.15) is 36.4 Å². The molecule has 2 fully saturated rings. The second-order valence-corrected chi connectivity index (χ2v) is 6.35. The van der Waals surface area contributed by atoms with Crippen LogP contribution in [0.3, 0.4) is 0 Å². The van der Waals surface area contributed by atoms with E-state index < -0.39 is 41.7 Å². The van der Waals surface area contributed by atoms with Gasteiger partial charge < -0.3 is 10.6 Å². The highest BCUT2D eigenvalue weighted by molar-refractivity contribution is 5.82. The molecule has 3 nitrogen and oxygen atoms in total. The molecule has 3 rings (SSSR count). The number of halogens is 5. The van der Waals surface area contributed by atoms with Crippen LogP contribution in [0.2, 0.25) is 0 Å². The lowest BCUT2D eigenvalue weighted by molar-refractivity contribution is -0.137. The number of nitrogens with one attached hydrogen (secondary N) is 2. The number of alkyl halides is 4. The van der Waals surface area contributed by atoms with E-state index >= 15 is 0 Å². The molecule has 1 amide bonds. The summed E-state index contributed by atoms with van der Waals surface area (Å²) in [6.45, 7) is 0.0841. The van der Waals surface area contributed by atoms with Gasteiger partial charge in [-0.15, -0.1) is 0 Å². The van der Waals surface area contributed by atoms with Crippen LogP contribution >= 0.6 is 0 Å². The van der Waals surface area contributed by atoms with Gasteiger partial charge in [-0.3, -0.25) is 4.79 Å². The van der Waals surface area contributed by atoms with Gasteiger partial charge in [-0.05, 0) is 30.9 Å². The number of hydrogen-bond donors (Lipinski definition) is 2. The zero-order valence-electron chi connectivity index (χ0n) is 12.7. The number of amides is 1. The molecule has 1 aliphatic heterocycles. The quantitative estimate of drug-likeness (QED) is 0.821. The number of rotatable bonds is 4. The van der Waals surface area contributed by atoms with E-state index in [1.165, 1.54) is 0 Å². The fraction of sp³-hybridized carbons (Fsp3) is 0.562. The summed E-state index contributed by atoms with van der Waals surface area (Å²) >= 11 is 0. The number of hydrogen-bond acceptors (Lipinski definition) is 2. The van der Waals surface area contributed by atoms with E-state index in [-0.39, 0.29) is 24.4 Å². The molecule has 0 aromatic heterocycles. The molecule has 1 saturated carbocycles. The Morgan fingerprint density at radius 1 is 1.29 bits per heavy atom. The molecule has 1 unspecified atom stereocenters. The van der Waals surface area contributed by atoms with Crippen molar-refractivity contribution in [1.82, 2.24) is 10.6 Å². The van der Waals surface area contributed by atoms with Gasteiger partial charge in [-0.1, -0.05) is 6.07 Å². The Kier molecular flexibility index (Phi) is 4.50. The molecule has 1 heterocycles. The van der Waals surface area contributed by atoms with Crippen molar-refractivity contribution in [3.63, 3.8) is 0 Å². The first-order valence-corrected chi connectivity index (χ1v) is 7.80. The first-order chi connectivity index (χ1) is 11.3. The molecule has 8 heteroatoms. The van der Waals surface area contributed by atoms with Crippen LogP contribution in [0, 0.1) is 11.7 Å². The maximum atomic E-state index is 14.2. The third-order valence-electron chi connectivity index (χ3n) is 4.45. The van der Waals surface area contributed by atoms with Crippen LogP contribution in [0.4, 0.5) is 22.0 Å². The highest BCUT2D eigenvalue weighted by atomic mass is 19.4. The summed E-state index contributed by atoms with van der Waals surface area (Å²) in [6, 6.07) is 0.939. The van der Waals surface area contributed by atoms with Gasteiger partial charge in [0.15, 0.2) is 0 Å². The largest absolute Gasteiger partial charge is 0.416 e. The predicted molar refractivity (Wildman–Crippen MR) is 76.3 cm³/mol. The SMILES string of the molecule is O=C(N[C@@H](c1ccc(C(F)(F)F)cc1F)C1CC1)C1C[C@H](F)CN1. The third kappa shape index (κ3) is 3.68. The number of carbonyl (C=O) groups is 1. The van der Waals surface area contributed by atoms with Crippen LogP contribution in [0.25, 0.3) is 0 Å². The van der Waals surface area contributed by atoms with Crippen LogP contribution in [-0.4, -0.2) is 24.7 Å². The molecule has 1 saturated heterocycles. The molecule has 0 bridgehead atoms. The molecule has 1 aliphatic carbocycles. The summed E-state index contributed by atoms with van der Waals surface area (Å²) in [5, 5.41) is 5.40. The average molecular weight is 348 g/mol. The van der Waals surface area contributed by atoms with E-state index in [0.717, 1.165) is 25.0 Å². The summed E-state index contributed by atoms with van der Waals surface area (Å²) in [6.07, 6.45) is -4.17. The molecular formula is C16H17F5N2O. The van der Waals surface area contributed by atoms with E-state index in [0.29, 0.717) is 6.07 Å². The normalized spacial score (nSPS) is 25.5. The highest BCUT2D eigenvalue weighted by Gasteiger charge is 2.39. The molecule has 24 heavy (non-hydrogen) atoms. The number of carbonyl (C=O) groups excluding carboxylic acids is 1. The van der Waals surface area contributed by atoms with E-state index in [9.17, 15) is 26.7 Å². The lowest BCUT2D eigenvalue weighted by Gasteiger charge is -2.22. The Hall–Kier alpha value is -1.70. The Balaban J connectivity index is 1.78. The summed E-state index contributed by atoms with van der Waals surface area (Å²) in [5.74, 6) is -1.46. The van der Waals surface area contributed by atoms with Crippen molar-refractivity contribution in [3.8, 4) is 0 Å². The summed E-state index contributed by atoms with van der Waals surface area (Å²) in [5.41, 5.74) is -1.03. The van der Waals surface area contributed by atoms with Crippen molar-refractivity contribution in [2.75, 3.05) is 6.54 Å². The lowest BCUT2D eigenvalue weighted by Crippen LogP contribution is -2.42. The van der Waals surface area contributed by atoms with Gasteiger partial charge in [0, 0.05) is 18.5 Å².